The normalized spacial score (nSPS) is 16.9. The summed E-state index contributed by atoms with van der Waals surface area (Å²) in [7, 11) is 0. The van der Waals surface area contributed by atoms with Gasteiger partial charge in [-0.1, -0.05) is 30.3 Å². The summed E-state index contributed by atoms with van der Waals surface area (Å²) in [5.41, 5.74) is -1.00. The second-order valence-corrected chi connectivity index (χ2v) is 6.63. The number of furan rings is 1. The summed E-state index contributed by atoms with van der Waals surface area (Å²) in [5, 5.41) is 0. The number of alkyl halides is 3. The lowest BCUT2D eigenvalue weighted by molar-refractivity contribution is -0.137. The molecule has 0 unspecified atom stereocenters. The highest BCUT2D eigenvalue weighted by Crippen LogP contribution is 2.40. The predicted octanol–water partition coefficient (Wildman–Crippen LogP) is 4.84. The number of hydrogen-bond donors (Lipinski definition) is 0. The molecule has 0 bridgehead atoms. The average molecular weight is 412 g/mol. The predicted molar refractivity (Wildman–Crippen MR) is 103 cm³/mol. The summed E-state index contributed by atoms with van der Waals surface area (Å²) in [6.45, 7) is 0.159. The van der Waals surface area contributed by atoms with Crippen LogP contribution in [0.15, 0.2) is 76.3 Å². The molecule has 2 amide bonds. The number of benzene rings is 2. The maximum atomic E-state index is 13.5. The van der Waals surface area contributed by atoms with Crippen molar-refractivity contribution in [1.29, 1.82) is 0 Å². The Labute approximate surface area is 169 Å². The van der Waals surface area contributed by atoms with E-state index >= 15 is 0 Å². The zero-order chi connectivity index (χ0) is 21.3. The number of anilines is 1. The summed E-state index contributed by atoms with van der Waals surface area (Å²) < 4.78 is 45.8. The molecule has 152 valence electrons. The lowest BCUT2D eigenvalue weighted by atomic mass is 9.88. The van der Waals surface area contributed by atoms with Crippen molar-refractivity contribution in [1.82, 2.24) is 0 Å². The van der Waals surface area contributed by atoms with Crippen molar-refractivity contribution < 1.29 is 27.2 Å². The van der Waals surface area contributed by atoms with Crippen LogP contribution in [0.4, 0.5) is 18.9 Å². The van der Waals surface area contributed by atoms with Crippen molar-refractivity contribution in [2.75, 3.05) is 4.90 Å². The van der Waals surface area contributed by atoms with E-state index in [4.69, 9.17) is 4.42 Å². The highest BCUT2D eigenvalue weighted by molar-refractivity contribution is 6.29. The fourth-order valence-corrected chi connectivity index (χ4v) is 3.39. The van der Waals surface area contributed by atoms with Crippen LogP contribution in [-0.2, 0) is 17.5 Å². The van der Waals surface area contributed by atoms with E-state index in [1.807, 2.05) is 0 Å². The van der Waals surface area contributed by atoms with E-state index in [-0.39, 0.29) is 12.1 Å². The molecule has 1 atom stereocenters. The minimum absolute atomic E-state index is 0.156. The van der Waals surface area contributed by atoms with Crippen molar-refractivity contribution in [3.8, 4) is 0 Å². The van der Waals surface area contributed by atoms with Gasteiger partial charge >= 0.3 is 6.18 Å². The molecule has 4 rings (SSSR count). The molecule has 1 aliphatic heterocycles. The molecule has 1 aliphatic rings. The van der Waals surface area contributed by atoms with Crippen LogP contribution in [0.2, 0.25) is 0 Å². The fraction of sp³-hybridized carbons (Fsp3) is 0.136. The number of carbonyl (C=O) groups excluding carboxylic acids is 2. The van der Waals surface area contributed by atoms with Gasteiger partial charge in [0.15, 0.2) is 0 Å². The van der Waals surface area contributed by atoms with Gasteiger partial charge in [0, 0.05) is 11.8 Å². The number of aliphatic imine (C=N–C) groups is 1. The van der Waals surface area contributed by atoms with Gasteiger partial charge < -0.3 is 4.42 Å². The summed E-state index contributed by atoms with van der Waals surface area (Å²) in [5.74, 6) is -2.03. The number of carbonyl (C=O) groups is 2. The molecule has 1 aromatic heterocycles. The average Bonchev–Trinajstić information content (AvgIpc) is 3.24. The summed E-state index contributed by atoms with van der Waals surface area (Å²) >= 11 is 0. The van der Waals surface area contributed by atoms with E-state index in [2.05, 4.69) is 4.99 Å². The molecule has 2 aromatic carbocycles. The van der Waals surface area contributed by atoms with Crippen molar-refractivity contribution in [2.45, 2.75) is 18.6 Å². The summed E-state index contributed by atoms with van der Waals surface area (Å²) in [6.07, 6.45) is -1.89. The van der Waals surface area contributed by atoms with Crippen LogP contribution in [0.1, 0.15) is 33.2 Å². The topological polar surface area (TPSA) is 62.9 Å². The number of halogens is 3. The van der Waals surface area contributed by atoms with Crippen LogP contribution in [0.25, 0.3) is 0 Å². The van der Waals surface area contributed by atoms with Gasteiger partial charge in [0.05, 0.1) is 30.0 Å². The molecule has 8 heteroatoms. The first-order chi connectivity index (χ1) is 14.4. The van der Waals surface area contributed by atoms with Crippen LogP contribution >= 0.6 is 0 Å². The molecule has 0 spiro atoms. The van der Waals surface area contributed by atoms with E-state index in [1.165, 1.54) is 30.7 Å². The monoisotopic (exact) mass is 412 g/mol. The molecule has 2 heterocycles. The highest BCUT2D eigenvalue weighted by Gasteiger charge is 2.43. The Balaban J connectivity index is 1.78. The molecule has 0 radical (unpaired) electrons. The van der Waals surface area contributed by atoms with Gasteiger partial charge in [-0.2, -0.15) is 13.2 Å². The van der Waals surface area contributed by atoms with Crippen molar-refractivity contribution >= 4 is 23.7 Å². The molecule has 30 heavy (non-hydrogen) atoms. The molecule has 0 saturated carbocycles. The second kappa shape index (κ2) is 7.62. The van der Waals surface area contributed by atoms with Gasteiger partial charge in [0.2, 0.25) is 5.91 Å². The third-order valence-corrected chi connectivity index (χ3v) is 4.75. The quantitative estimate of drug-likeness (QED) is 0.455. The number of hydrogen-bond acceptors (Lipinski definition) is 4. The van der Waals surface area contributed by atoms with Crippen LogP contribution < -0.4 is 4.90 Å². The number of imide groups is 1. The minimum atomic E-state index is -4.73. The fourth-order valence-electron chi connectivity index (χ4n) is 3.39. The zero-order valence-corrected chi connectivity index (χ0v) is 15.5. The van der Waals surface area contributed by atoms with E-state index in [0.29, 0.717) is 16.2 Å². The molecule has 5 nitrogen and oxygen atoms in total. The lowest BCUT2D eigenvalue weighted by Crippen LogP contribution is -2.46. The third-order valence-electron chi connectivity index (χ3n) is 4.75. The number of nitrogens with zero attached hydrogens (tertiary/aromatic N) is 2. The number of amides is 2. The van der Waals surface area contributed by atoms with E-state index in [1.54, 1.807) is 30.3 Å². The molecule has 0 N–H and O–H groups in total. The molecule has 0 fully saturated rings. The maximum absolute atomic E-state index is 13.5. The molecular weight excluding hydrogens is 397 g/mol. The Bertz CT molecular complexity index is 1120. The molecule has 3 aromatic rings. The van der Waals surface area contributed by atoms with Crippen molar-refractivity contribution in [2.24, 2.45) is 4.99 Å². The third kappa shape index (κ3) is 3.52. The van der Waals surface area contributed by atoms with Crippen LogP contribution in [0.5, 0.6) is 0 Å². The van der Waals surface area contributed by atoms with Crippen molar-refractivity contribution in [3.05, 3.63) is 89.4 Å². The van der Waals surface area contributed by atoms with E-state index in [0.717, 1.165) is 12.1 Å². The standard InChI is InChI=1S/C22H15F3N2O3/c23-22(24,25)18-9-3-4-10-19(18)27-20(28)16-8-2-1-7-15(16)17(21(27)29)13-26-12-14-6-5-11-30-14/h1-11,13,17H,12H2/t17-/m1/s1. The first-order valence-electron chi connectivity index (χ1n) is 9.03. The van der Waals surface area contributed by atoms with Crippen LogP contribution in [0, 0.1) is 0 Å². The molecule has 0 aliphatic carbocycles. The Hall–Kier alpha value is -3.68. The smallest absolute Gasteiger partial charge is 0.418 e. The molecular formula is C22H15F3N2O3. The largest absolute Gasteiger partial charge is 0.467 e. The Kier molecular flexibility index (Phi) is 4.99. The second-order valence-electron chi connectivity index (χ2n) is 6.63. The van der Waals surface area contributed by atoms with E-state index in [9.17, 15) is 22.8 Å². The van der Waals surface area contributed by atoms with Gasteiger partial charge in [-0.25, -0.2) is 4.90 Å². The first kappa shape index (κ1) is 19.6. The van der Waals surface area contributed by atoms with Gasteiger partial charge in [-0.15, -0.1) is 0 Å². The summed E-state index contributed by atoms with van der Waals surface area (Å²) in [4.78, 5) is 31.0. The Morgan fingerprint density at radius 1 is 1.00 bits per heavy atom. The van der Waals surface area contributed by atoms with Crippen molar-refractivity contribution in [3.63, 3.8) is 0 Å². The minimum Gasteiger partial charge on any atom is -0.467 e. The highest BCUT2D eigenvalue weighted by atomic mass is 19.4. The van der Waals surface area contributed by atoms with Gasteiger partial charge in [0.25, 0.3) is 5.91 Å². The van der Waals surface area contributed by atoms with Gasteiger partial charge in [-0.05, 0) is 35.9 Å². The zero-order valence-electron chi connectivity index (χ0n) is 15.5. The van der Waals surface area contributed by atoms with Gasteiger partial charge in [-0.3, -0.25) is 14.6 Å². The number of fused-ring (bicyclic) bond motifs is 1. The Morgan fingerprint density at radius 2 is 1.73 bits per heavy atom. The van der Waals surface area contributed by atoms with Crippen LogP contribution in [0.3, 0.4) is 0 Å². The number of para-hydroxylation sites is 1. The van der Waals surface area contributed by atoms with Gasteiger partial charge in [0.1, 0.15) is 5.76 Å². The van der Waals surface area contributed by atoms with Crippen LogP contribution in [-0.4, -0.2) is 18.0 Å². The van der Waals surface area contributed by atoms with E-state index < -0.39 is 35.2 Å². The molecule has 0 saturated heterocycles. The lowest BCUT2D eigenvalue weighted by Gasteiger charge is -2.32. The SMILES string of the molecule is O=C1c2ccccc2[C@@H](C=NCc2ccco2)C(=O)N1c1ccccc1C(F)(F)F. The maximum Gasteiger partial charge on any atom is 0.418 e. The Morgan fingerprint density at radius 3 is 2.47 bits per heavy atom. The number of rotatable bonds is 4. The first-order valence-corrected chi connectivity index (χ1v) is 9.03. The summed E-state index contributed by atoms with van der Waals surface area (Å²) in [6, 6.07) is 14.3.